The summed E-state index contributed by atoms with van der Waals surface area (Å²) in [5.41, 5.74) is -0.140. The van der Waals surface area contributed by atoms with Crippen molar-refractivity contribution in [2.45, 2.75) is 129 Å². The molecule has 160 valence electrons. The number of nitriles is 1. The van der Waals surface area contributed by atoms with E-state index in [1.54, 1.807) is 0 Å². The van der Waals surface area contributed by atoms with Gasteiger partial charge in [0.2, 0.25) is 0 Å². The number of hydrogen-bond donors (Lipinski definition) is 0. The van der Waals surface area contributed by atoms with Crippen molar-refractivity contribution in [3.63, 3.8) is 0 Å². The Bertz CT molecular complexity index is 455. The Balaban J connectivity index is 1.66. The second-order valence-electron chi connectivity index (χ2n) is 9.99. The van der Waals surface area contributed by atoms with Crippen LogP contribution in [-0.4, -0.2) is 0 Å². The van der Waals surface area contributed by atoms with Gasteiger partial charge in [-0.25, -0.2) is 0 Å². The summed E-state index contributed by atoms with van der Waals surface area (Å²) in [7, 11) is 0. The molecule has 2 aliphatic carbocycles. The zero-order valence-electron chi connectivity index (χ0n) is 19.1. The van der Waals surface area contributed by atoms with Gasteiger partial charge in [0.05, 0.1) is 11.5 Å². The fraction of sp³-hybridized carbons (Fsp3) is 0.889. The quantitative estimate of drug-likeness (QED) is 0.243. The smallest absolute Gasteiger partial charge is 0.0753 e. The fourth-order valence-electron chi connectivity index (χ4n) is 5.75. The van der Waals surface area contributed by atoms with Gasteiger partial charge in [-0.15, -0.1) is 0 Å². The molecule has 0 radical (unpaired) electrons. The number of nitrogens with zero attached hydrogens (tertiary/aromatic N) is 1. The molecule has 0 saturated heterocycles. The van der Waals surface area contributed by atoms with Crippen molar-refractivity contribution in [1.29, 1.82) is 5.26 Å². The first-order chi connectivity index (χ1) is 13.7. The maximum Gasteiger partial charge on any atom is 0.0753 e. The first kappa shape index (κ1) is 23.5. The van der Waals surface area contributed by atoms with Crippen molar-refractivity contribution >= 4 is 0 Å². The fourth-order valence-corrected chi connectivity index (χ4v) is 5.75. The lowest BCUT2D eigenvalue weighted by Crippen LogP contribution is -2.30. The highest BCUT2D eigenvalue weighted by Gasteiger charge is 2.37. The predicted molar refractivity (Wildman–Crippen MR) is 122 cm³/mol. The predicted octanol–water partition coefficient (Wildman–Crippen LogP) is 8.99. The van der Waals surface area contributed by atoms with Crippen LogP contribution in [-0.2, 0) is 0 Å². The topological polar surface area (TPSA) is 23.8 Å². The van der Waals surface area contributed by atoms with Gasteiger partial charge in [-0.05, 0) is 69.1 Å². The van der Waals surface area contributed by atoms with Crippen LogP contribution in [0.4, 0.5) is 0 Å². The molecular formula is C27H47N. The molecule has 1 heteroatoms. The van der Waals surface area contributed by atoms with E-state index in [1.807, 2.05) is 0 Å². The summed E-state index contributed by atoms with van der Waals surface area (Å²) < 4.78 is 0. The summed E-state index contributed by atoms with van der Waals surface area (Å²) in [4.78, 5) is 0. The third-order valence-electron chi connectivity index (χ3n) is 7.83. The first-order valence-electron chi connectivity index (χ1n) is 12.8. The lowest BCUT2D eigenvalue weighted by atomic mass is 9.64. The van der Waals surface area contributed by atoms with E-state index in [0.29, 0.717) is 0 Å². The highest BCUT2D eigenvalue weighted by atomic mass is 14.4. The van der Waals surface area contributed by atoms with Crippen molar-refractivity contribution in [1.82, 2.24) is 0 Å². The summed E-state index contributed by atoms with van der Waals surface area (Å²) in [6, 6.07) is 2.69. The molecule has 0 bridgehead atoms. The summed E-state index contributed by atoms with van der Waals surface area (Å²) in [6.07, 6.45) is 29.0. The Morgan fingerprint density at radius 3 is 2.04 bits per heavy atom. The molecule has 0 aromatic carbocycles. The molecular weight excluding hydrogens is 338 g/mol. The molecule has 0 N–H and O–H groups in total. The van der Waals surface area contributed by atoms with Gasteiger partial charge in [-0.3, -0.25) is 0 Å². The number of rotatable bonds is 12. The van der Waals surface area contributed by atoms with Crippen LogP contribution in [0.5, 0.6) is 0 Å². The molecule has 2 aliphatic rings. The Morgan fingerprint density at radius 1 is 0.786 bits per heavy atom. The van der Waals surface area contributed by atoms with E-state index in [-0.39, 0.29) is 5.41 Å². The van der Waals surface area contributed by atoms with E-state index in [0.717, 1.165) is 37.0 Å². The molecule has 2 saturated carbocycles. The molecule has 28 heavy (non-hydrogen) atoms. The van der Waals surface area contributed by atoms with Crippen LogP contribution >= 0.6 is 0 Å². The van der Waals surface area contributed by atoms with Crippen molar-refractivity contribution in [3.05, 3.63) is 12.2 Å². The molecule has 2 rings (SSSR count). The van der Waals surface area contributed by atoms with Crippen LogP contribution in [0, 0.1) is 34.5 Å². The lowest BCUT2D eigenvalue weighted by Gasteiger charge is -2.39. The van der Waals surface area contributed by atoms with E-state index in [1.165, 1.54) is 96.3 Å². The molecule has 0 aromatic heterocycles. The van der Waals surface area contributed by atoms with Crippen LogP contribution < -0.4 is 0 Å². The minimum Gasteiger partial charge on any atom is -0.197 e. The third-order valence-corrected chi connectivity index (χ3v) is 7.83. The minimum atomic E-state index is -0.140. The van der Waals surface area contributed by atoms with Gasteiger partial charge in [0.15, 0.2) is 0 Å². The molecule has 0 atom stereocenters. The minimum absolute atomic E-state index is 0.140. The Morgan fingerprint density at radius 2 is 1.39 bits per heavy atom. The number of unbranched alkanes of at least 4 members (excludes halogenated alkanes) is 7. The summed E-state index contributed by atoms with van der Waals surface area (Å²) in [5, 5.41) is 9.81. The van der Waals surface area contributed by atoms with Gasteiger partial charge in [-0.1, -0.05) is 90.2 Å². The van der Waals surface area contributed by atoms with Crippen molar-refractivity contribution in [2.75, 3.05) is 0 Å². The lowest BCUT2D eigenvalue weighted by molar-refractivity contribution is 0.136. The van der Waals surface area contributed by atoms with Gasteiger partial charge in [0.25, 0.3) is 0 Å². The van der Waals surface area contributed by atoms with Gasteiger partial charge in [0, 0.05) is 0 Å². The first-order valence-corrected chi connectivity index (χ1v) is 12.8. The van der Waals surface area contributed by atoms with Crippen LogP contribution in [0.25, 0.3) is 0 Å². The molecule has 0 aliphatic heterocycles. The second-order valence-corrected chi connectivity index (χ2v) is 9.99. The van der Waals surface area contributed by atoms with Crippen LogP contribution in [0.15, 0.2) is 12.2 Å². The monoisotopic (exact) mass is 385 g/mol. The zero-order chi connectivity index (χ0) is 20.1. The largest absolute Gasteiger partial charge is 0.197 e. The van der Waals surface area contributed by atoms with Gasteiger partial charge >= 0.3 is 0 Å². The second kappa shape index (κ2) is 13.5. The maximum atomic E-state index is 9.81. The van der Waals surface area contributed by atoms with Gasteiger partial charge in [-0.2, -0.15) is 5.26 Å². The van der Waals surface area contributed by atoms with E-state index >= 15 is 0 Å². The Labute approximate surface area is 176 Å². The highest BCUT2D eigenvalue weighted by molar-refractivity contribution is 5.14. The Kier molecular flexibility index (Phi) is 11.3. The molecule has 0 unspecified atom stereocenters. The summed E-state index contributed by atoms with van der Waals surface area (Å²) >= 11 is 0. The van der Waals surface area contributed by atoms with E-state index < -0.39 is 0 Å². The van der Waals surface area contributed by atoms with Crippen LogP contribution in [0.1, 0.15) is 129 Å². The average molecular weight is 386 g/mol. The zero-order valence-corrected chi connectivity index (χ0v) is 19.1. The van der Waals surface area contributed by atoms with Crippen molar-refractivity contribution < 1.29 is 0 Å². The SMILES string of the molecule is CCCCC/C=C\C1(C#N)CCC(C2CCC(CCCCCCC)CC2)CC1. The number of allylic oxidation sites excluding steroid dienone is 2. The maximum absolute atomic E-state index is 9.81. The van der Waals surface area contributed by atoms with E-state index in [9.17, 15) is 5.26 Å². The standard InChI is InChI=1S/C27H47N/c1-3-5-7-9-11-13-24-14-16-25(17-15-24)26-18-21-27(23-28,22-19-26)20-12-10-8-6-4-2/h12,20,24-26H,3-11,13-19,21-22H2,1-2H3/b20-12-. The van der Waals surface area contributed by atoms with Gasteiger partial charge < -0.3 is 0 Å². The summed E-state index contributed by atoms with van der Waals surface area (Å²) in [5.74, 6) is 2.88. The van der Waals surface area contributed by atoms with Crippen LogP contribution in [0.3, 0.4) is 0 Å². The third kappa shape index (κ3) is 7.93. The molecule has 2 fully saturated rings. The van der Waals surface area contributed by atoms with E-state index in [4.69, 9.17) is 0 Å². The number of hydrogen-bond acceptors (Lipinski definition) is 1. The normalized spacial score (nSPS) is 31.1. The van der Waals surface area contributed by atoms with Crippen molar-refractivity contribution in [2.24, 2.45) is 23.2 Å². The van der Waals surface area contributed by atoms with Gasteiger partial charge in [0.1, 0.15) is 0 Å². The molecule has 0 heterocycles. The molecule has 0 aromatic rings. The van der Waals surface area contributed by atoms with E-state index in [2.05, 4.69) is 32.1 Å². The summed E-state index contributed by atoms with van der Waals surface area (Å²) in [6.45, 7) is 4.56. The molecule has 0 amide bonds. The highest BCUT2D eigenvalue weighted by Crippen LogP contribution is 2.46. The van der Waals surface area contributed by atoms with Crippen LogP contribution in [0.2, 0.25) is 0 Å². The van der Waals surface area contributed by atoms with Crippen molar-refractivity contribution in [3.8, 4) is 6.07 Å². The Hall–Kier alpha value is -0.770. The molecule has 0 spiro atoms. The molecule has 1 nitrogen and oxygen atoms in total. The average Bonchev–Trinajstić information content (AvgIpc) is 2.74.